The summed E-state index contributed by atoms with van der Waals surface area (Å²) in [5, 5.41) is 0. The van der Waals surface area contributed by atoms with Crippen LogP contribution in [0.5, 0.6) is 0 Å². The Bertz CT molecular complexity index is 336. The Kier molecular flexibility index (Phi) is 26.0. The summed E-state index contributed by atoms with van der Waals surface area (Å²) in [5.74, 6) is 2.61. The molecule has 0 spiro atoms. The van der Waals surface area contributed by atoms with Gasteiger partial charge in [-0.15, -0.1) is 0 Å². The predicted molar refractivity (Wildman–Crippen MR) is 158 cm³/mol. The lowest BCUT2D eigenvalue weighted by atomic mass is 10.2. The molecule has 0 aliphatic heterocycles. The Morgan fingerprint density at radius 2 is 0.906 bits per heavy atom. The van der Waals surface area contributed by atoms with Crippen LogP contribution in [0.2, 0.25) is 24.2 Å². The van der Waals surface area contributed by atoms with Crippen LogP contribution in [0, 0.1) is 0 Å². The van der Waals surface area contributed by atoms with Crippen molar-refractivity contribution in [2.75, 3.05) is 24.7 Å². The van der Waals surface area contributed by atoms with Crippen molar-refractivity contribution < 1.29 is 9.47 Å². The van der Waals surface area contributed by atoms with Gasteiger partial charge >= 0.3 is 0 Å². The van der Waals surface area contributed by atoms with Gasteiger partial charge in [-0.05, 0) is 38.5 Å². The maximum absolute atomic E-state index is 6.32. The highest BCUT2D eigenvalue weighted by Crippen LogP contribution is 2.26. The fourth-order valence-corrected chi connectivity index (χ4v) is 12.2. The van der Waals surface area contributed by atoms with Gasteiger partial charge in [0.15, 0.2) is 0 Å². The highest BCUT2D eigenvalue weighted by molar-refractivity contribution is 8.76. The van der Waals surface area contributed by atoms with Gasteiger partial charge in [0, 0.05) is 36.2 Å². The maximum atomic E-state index is 6.32. The second kappa shape index (κ2) is 25.2. The van der Waals surface area contributed by atoms with Crippen molar-refractivity contribution in [1.82, 2.24) is 0 Å². The van der Waals surface area contributed by atoms with Crippen molar-refractivity contribution in [1.29, 1.82) is 0 Å². The van der Waals surface area contributed by atoms with Crippen LogP contribution < -0.4 is 0 Å². The fraction of sp³-hybridized carbons (Fsp3) is 1.00. The Labute approximate surface area is 214 Å². The van der Waals surface area contributed by atoms with Crippen LogP contribution in [-0.2, 0) is 9.47 Å². The van der Waals surface area contributed by atoms with E-state index in [9.17, 15) is 0 Å². The first kappa shape index (κ1) is 33.1. The zero-order valence-electron chi connectivity index (χ0n) is 22.7. The van der Waals surface area contributed by atoms with Gasteiger partial charge in [-0.25, -0.2) is 0 Å². The summed E-state index contributed by atoms with van der Waals surface area (Å²) in [4.78, 5) is 0. The third kappa shape index (κ3) is 17.5. The lowest BCUT2D eigenvalue weighted by molar-refractivity contribution is 0.0918. The van der Waals surface area contributed by atoms with Gasteiger partial charge in [-0.1, -0.05) is 113 Å². The SMILES string of the molecule is CCCCOC(CCCCSSCCCCC(OCCCC)[SiH](CC)CC)[SiH](CC)CC. The van der Waals surface area contributed by atoms with E-state index in [0.29, 0.717) is 11.5 Å². The molecule has 194 valence electrons. The molecule has 0 aromatic rings. The third-order valence-electron chi connectivity index (χ3n) is 6.82. The summed E-state index contributed by atoms with van der Waals surface area (Å²) in [6, 6.07) is 5.56. The van der Waals surface area contributed by atoms with E-state index >= 15 is 0 Å². The molecule has 0 aromatic heterocycles. The molecule has 0 radical (unpaired) electrons. The molecular formula is C26H58O2S2Si2. The maximum Gasteiger partial charge on any atom is 0.0711 e. The van der Waals surface area contributed by atoms with Gasteiger partial charge in [0.05, 0.1) is 17.6 Å². The van der Waals surface area contributed by atoms with E-state index in [2.05, 4.69) is 63.1 Å². The molecular weight excluding hydrogens is 465 g/mol. The van der Waals surface area contributed by atoms with Crippen LogP contribution in [0.15, 0.2) is 0 Å². The Morgan fingerprint density at radius 3 is 1.22 bits per heavy atom. The minimum atomic E-state index is -0.700. The standard InChI is InChI=1S/C26H58O2S2Si2/c1-7-13-21-27-25(31(9-3)10-4)19-15-17-23-29-30-24-18-16-20-26(28-22-14-8-2)32(11-5)12-6/h25-26,31-32H,7-24H2,1-6H3. The van der Waals surface area contributed by atoms with Crippen LogP contribution in [0.3, 0.4) is 0 Å². The second-order valence-electron chi connectivity index (χ2n) is 9.31. The van der Waals surface area contributed by atoms with Crippen molar-refractivity contribution in [2.45, 2.75) is 141 Å². The van der Waals surface area contributed by atoms with Crippen molar-refractivity contribution in [3.05, 3.63) is 0 Å². The summed E-state index contributed by atoms with van der Waals surface area (Å²) < 4.78 is 12.6. The minimum absolute atomic E-state index is 0.625. The van der Waals surface area contributed by atoms with Gasteiger partial charge in [0.1, 0.15) is 0 Å². The number of unbranched alkanes of at least 4 members (excludes halogenated alkanes) is 4. The molecule has 0 amide bonds. The van der Waals surface area contributed by atoms with Crippen molar-refractivity contribution in [3.8, 4) is 0 Å². The van der Waals surface area contributed by atoms with Crippen LogP contribution in [0.1, 0.15) is 106 Å². The van der Waals surface area contributed by atoms with Crippen LogP contribution in [-0.4, -0.2) is 53.8 Å². The summed E-state index contributed by atoms with van der Waals surface area (Å²) in [6.45, 7) is 16.0. The van der Waals surface area contributed by atoms with Crippen LogP contribution in [0.4, 0.5) is 0 Å². The van der Waals surface area contributed by atoms with Crippen LogP contribution >= 0.6 is 21.6 Å². The average molecular weight is 523 g/mol. The van der Waals surface area contributed by atoms with E-state index in [1.807, 2.05) is 0 Å². The minimum Gasteiger partial charge on any atom is -0.382 e. The van der Waals surface area contributed by atoms with Crippen molar-refractivity contribution in [2.24, 2.45) is 0 Å². The van der Waals surface area contributed by atoms with Gasteiger partial charge in [-0.3, -0.25) is 0 Å². The molecule has 0 rings (SSSR count). The summed E-state index contributed by atoms with van der Waals surface area (Å²) in [5.41, 5.74) is 1.25. The molecule has 32 heavy (non-hydrogen) atoms. The Hall–Kier alpha value is 1.05. The number of rotatable bonds is 25. The largest absolute Gasteiger partial charge is 0.382 e. The zero-order valence-corrected chi connectivity index (χ0v) is 26.6. The summed E-state index contributed by atoms with van der Waals surface area (Å²) in [6.07, 6.45) is 13.0. The molecule has 0 bridgehead atoms. The lowest BCUT2D eigenvalue weighted by Crippen LogP contribution is -2.32. The second-order valence-corrected chi connectivity index (χ2v) is 19.8. The highest BCUT2D eigenvalue weighted by atomic mass is 33.1. The molecule has 0 fully saturated rings. The zero-order chi connectivity index (χ0) is 23.9. The molecule has 6 heteroatoms. The molecule has 0 aliphatic carbocycles. The number of ether oxygens (including phenoxy) is 2. The van der Waals surface area contributed by atoms with Crippen molar-refractivity contribution in [3.63, 3.8) is 0 Å². The molecule has 0 aliphatic rings. The van der Waals surface area contributed by atoms with E-state index in [0.717, 1.165) is 13.2 Å². The molecule has 2 atom stereocenters. The van der Waals surface area contributed by atoms with E-state index in [-0.39, 0.29) is 0 Å². The first-order valence-electron chi connectivity index (χ1n) is 14.2. The van der Waals surface area contributed by atoms with E-state index < -0.39 is 17.6 Å². The monoisotopic (exact) mass is 522 g/mol. The smallest absolute Gasteiger partial charge is 0.0711 e. The molecule has 0 N–H and O–H groups in total. The normalized spacial score (nSPS) is 13.9. The quantitative estimate of drug-likeness (QED) is 0.0677. The van der Waals surface area contributed by atoms with E-state index in [1.54, 1.807) is 0 Å². The predicted octanol–water partition coefficient (Wildman–Crippen LogP) is 8.69. The first-order chi connectivity index (χ1) is 15.7. The third-order valence-corrected chi connectivity index (χ3v) is 16.8. The van der Waals surface area contributed by atoms with E-state index in [4.69, 9.17) is 9.47 Å². The topological polar surface area (TPSA) is 18.5 Å². The summed E-state index contributed by atoms with van der Waals surface area (Å²) >= 11 is 0. The Morgan fingerprint density at radius 1 is 0.531 bits per heavy atom. The van der Waals surface area contributed by atoms with Gasteiger partial charge in [0.2, 0.25) is 0 Å². The number of hydrogen-bond acceptors (Lipinski definition) is 4. The molecule has 2 nitrogen and oxygen atoms in total. The van der Waals surface area contributed by atoms with Crippen molar-refractivity contribution >= 4 is 39.2 Å². The Balaban J connectivity index is 3.89. The molecule has 0 aromatic carbocycles. The number of hydrogen-bond donors (Lipinski definition) is 0. The first-order valence-corrected chi connectivity index (χ1v) is 21.2. The van der Waals surface area contributed by atoms with Gasteiger partial charge < -0.3 is 9.47 Å². The average Bonchev–Trinajstić information content (AvgIpc) is 2.81. The molecule has 2 unspecified atom stereocenters. The van der Waals surface area contributed by atoms with Gasteiger partial charge in [-0.2, -0.15) is 0 Å². The van der Waals surface area contributed by atoms with E-state index in [1.165, 1.54) is 99.9 Å². The molecule has 0 heterocycles. The molecule has 0 saturated carbocycles. The van der Waals surface area contributed by atoms with Crippen LogP contribution in [0.25, 0.3) is 0 Å². The summed E-state index contributed by atoms with van der Waals surface area (Å²) in [7, 11) is 2.80. The molecule has 0 saturated heterocycles. The lowest BCUT2D eigenvalue weighted by Gasteiger charge is -2.25. The fourth-order valence-electron chi connectivity index (χ4n) is 4.43. The highest BCUT2D eigenvalue weighted by Gasteiger charge is 2.21. The van der Waals surface area contributed by atoms with Gasteiger partial charge in [0.25, 0.3) is 0 Å².